The van der Waals surface area contributed by atoms with Gasteiger partial charge in [-0.2, -0.15) is 13.2 Å². The lowest BCUT2D eigenvalue weighted by molar-refractivity contribution is -0.137. The molecule has 1 aromatic heterocycles. The Morgan fingerprint density at radius 2 is 1.84 bits per heavy atom. The lowest BCUT2D eigenvalue weighted by Crippen LogP contribution is -2.26. The van der Waals surface area contributed by atoms with Gasteiger partial charge in [-0.1, -0.05) is 26.0 Å². The Kier molecular flexibility index (Phi) is 5.77. The lowest BCUT2D eigenvalue weighted by Gasteiger charge is -2.10. The number of aryl methyl sites for hydroxylation is 1. The van der Waals surface area contributed by atoms with Gasteiger partial charge in [0.25, 0.3) is 5.91 Å². The fourth-order valence-electron chi connectivity index (χ4n) is 2.21. The van der Waals surface area contributed by atoms with Gasteiger partial charge in [-0.25, -0.2) is 9.97 Å². The number of halogens is 3. The molecule has 0 unspecified atom stereocenters. The summed E-state index contributed by atoms with van der Waals surface area (Å²) in [7, 11) is 0. The summed E-state index contributed by atoms with van der Waals surface area (Å²) in [6, 6.07) is 4.61. The number of alkyl halides is 3. The van der Waals surface area contributed by atoms with E-state index in [1.54, 1.807) is 6.92 Å². The van der Waals surface area contributed by atoms with Crippen molar-refractivity contribution in [3.8, 4) is 11.4 Å². The van der Waals surface area contributed by atoms with Crippen LogP contribution < -0.4 is 5.32 Å². The third kappa shape index (κ3) is 5.01. The highest BCUT2D eigenvalue weighted by Crippen LogP contribution is 2.30. The maximum absolute atomic E-state index is 12.6. The third-order valence-corrected chi connectivity index (χ3v) is 3.70. The molecule has 0 atom stereocenters. The van der Waals surface area contributed by atoms with Crippen LogP contribution in [0.5, 0.6) is 0 Å². The highest BCUT2D eigenvalue weighted by atomic mass is 19.4. The van der Waals surface area contributed by atoms with E-state index in [9.17, 15) is 18.0 Å². The van der Waals surface area contributed by atoms with Gasteiger partial charge in [0.15, 0.2) is 5.82 Å². The van der Waals surface area contributed by atoms with E-state index in [1.807, 2.05) is 0 Å². The van der Waals surface area contributed by atoms with Crippen molar-refractivity contribution < 1.29 is 18.0 Å². The first-order valence-electron chi connectivity index (χ1n) is 7.98. The summed E-state index contributed by atoms with van der Waals surface area (Å²) >= 11 is 0. The molecule has 0 aliphatic heterocycles. The number of aromatic nitrogens is 2. The molecule has 134 valence electrons. The van der Waals surface area contributed by atoms with Crippen LogP contribution >= 0.6 is 0 Å². The van der Waals surface area contributed by atoms with Crippen molar-refractivity contribution in [1.29, 1.82) is 0 Å². The van der Waals surface area contributed by atoms with Crippen LogP contribution in [0.3, 0.4) is 0 Å². The molecular weight excluding hydrogens is 331 g/mol. The molecule has 1 heterocycles. The lowest BCUT2D eigenvalue weighted by atomic mass is 10.1. The first kappa shape index (κ1) is 18.9. The number of carbonyl (C=O) groups excluding carboxylic acids is 1. The van der Waals surface area contributed by atoms with Crippen LogP contribution in [0, 0.1) is 12.8 Å². The number of hydrogen-bond donors (Lipinski definition) is 1. The number of carbonyl (C=O) groups is 1. The van der Waals surface area contributed by atoms with E-state index < -0.39 is 11.7 Å². The Bertz CT molecular complexity index is 740. The molecule has 0 aliphatic carbocycles. The van der Waals surface area contributed by atoms with Crippen molar-refractivity contribution in [2.75, 3.05) is 6.54 Å². The van der Waals surface area contributed by atoms with E-state index in [-0.39, 0.29) is 11.7 Å². The van der Waals surface area contributed by atoms with Gasteiger partial charge >= 0.3 is 6.18 Å². The van der Waals surface area contributed by atoms with Crippen LogP contribution in [-0.4, -0.2) is 22.4 Å². The van der Waals surface area contributed by atoms with E-state index in [0.29, 0.717) is 29.3 Å². The second-order valence-corrected chi connectivity index (χ2v) is 6.21. The average molecular weight is 351 g/mol. The Hall–Kier alpha value is -2.44. The second kappa shape index (κ2) is 7.63. The van der Waals surface area contributed by atoms with Crippen molar-refractivity contribution in [1.82, 2.24) is 15.3 Å². The molecule has 0 bridgehead atoms. The molecule has 7 heteroatoms. The van der Waals surface area contributed by atoms with Gasteiger partial charge < -0.3 is 5.32 Å². The minimum absolute atomic E-state index is 0.253. The van der Waals surface area contributed by atoms with E-state index in [4.69, 9.17) is 0 Å². The monoisotopic (exact) mass is 351 g/mol. The predicted octanol–water partition coefficient (Wildman–Crippen LogP) is 4.25. The smallest absolute Gasteiger partial charge is 0.352 e. The van der Waals surface area contributed by atoms with Crippen LogP contribution in [0.1, 0.15) is 41.9 Å². The standard InChI is InChI=1S/C18H20F3N3O/c1-11(2)8-9-22-17(25)15-10-23-16(24-12(15)3)13-4-6-14(7-5-13)18(19,20)21/h4-7,10-11H,8-9H2,1-3H3,(H,22,25). The van der Waals surface area contributed by atoms with Crippen molar-refractivity contribution >= 4 is 5.91 Å². The molecule has 0 radical (unpaired) electrons. The molecule has 0 aliphatic rings. The molecule has 0 saturated heterocycles. The maximum Gasteiger partial charge on any atom is 0.416 e. The van der Waals surface area contributed by atoms with E-state index in [1.165, 1.54) is 18.3 Å². The molecule has 25 heavy (non-hydrogen) atoms. The van der Waals surface area contributed by atoms with Crippen LogP contribution in [0.15, 0.2) is 30.5 Å². The van der Waals surface area contributed by atoms with Gasteiger partial charge in [0.2, 0.25) is 0 Å². The van der Waals surface area contributed by atoms with Crippen LogP contribution in [0.25, 0.3) is 11.4 Å². The fraction of sp³-hybridized carbons (Fsp3) is 0.389. The van der Waals surface area contributed by atoms with Gasteiger partial charge in [0.05, 0.1) is 16.8 Å². The van der Waals surface area contributed by atoms with E-state index in [2.05, 4.69) is 29.1 Å². The van der Waals surface area contributed by atoms with Crippen LogP contribution in [-0.2, 0) is 6.18 Å². The summed E-state index contributed by atoms with van der Waals surface area (Å²) in [5.74, 6) is 0.516. The largest absolute Gasteiger partial charge is 0.416 e. The summed E-state index contributed by atoms with van der Waals surface area (Å²) in [5, 5.41) is 2.81. The number of nitrogens with one attached hydrogen (secondary N) is 1. The fourth-order valence-corrected chi connectivity index (χ4v) is 2.21. The minimum Gasteiger partial charge on any atom is -0.352 e. The Balaban J connectivity index is 2.15. The molecule has 1 N–H and O–H groups in total. The van der Waals surface area contributed by atoms with Gasteiger partial charge in [-0.15, -0.1) is 0 Å². The van der Waals surface area contributed by atoms with Crippen LogP contribution in [0.4, 0.5) is 13.2 Å². The predicted molar refractivity (Wildman–Crippen MR) is 89.0 cm³/mol. The Morgan fingerprint density at radius 1 is 1.20 bits per heavy atom. The summed E-state index contributed by atoms with van der Waals surface area (Å²) in [6.45, 7) is 6.38. The molecule has 2 aromatic rings. The quantitative estimate of drug-likeness (QED) is 0.876. The first-order chi connectivity index (χ1) is 11.7. The highest BCUT2D eigenvalue weighted by Gasteiger charge is 2.30. The normalized spacial score (nSPS) is 11.6. The molecule has 2 rings (SSSR count). The number of hydrogen-bond acceptors (Lipinski definition) is 3. The molecule has 0 fully saturated rings. The number of amides is 1. The molecule has 4 nitrogen and oxygen atoms in total. The maximum atomic E-state index is 12.6. The summed E-state index contributed by atoms with van der Waals surface area (Å²) in [6.07, 6.45) is -2.11. The summed E-state index contributed by atoms with van der Waals surface area (Å²) < 4.78 is 37.8. The second-order valence-electron chi connectivity index (χ2n) is 6.21. The molecular formula is C18H20F3N3O. The summed E-state index contributed by atoms with van der Waals surface area (Å²) in [4.78, 5) is 20.5. The van der Waals surface area contributed by atoms with Crippen molar-refractivity contribution in [3.05, 3.63) is 47.3 Å². The van der Waals surface area contributed by atoms with Gasteiger partial charge in [-0.3, -0.25) is 4.79 Å². The van der Waals surface area contributed by atoms with Gasteiger partial charge in [0, 0.05) is 18.3 Å². The topological polar surface area (TPSA) is 54.9 Å². The van der Waals surface area contributed by atoms with E-state index >= 15 is 0 Å². The van der Waals surface area contributed by atoms with Gasteiger partial charge in [0.1, 0.15) is 0 Å². The zero-order valence-electron chi connectivity index (χ0n) is 14.3. The van der Waals surface area contributed by atoms with Crippen molar-refractivity contribution in [2.45, 2.75) is 33.4 Å². The number of nitrogens with zero attached hydrogens (tertiary/aromatic N) is 2. The zero-order valence-corrected chi connectivity index (χ0v) is 14.3. The zero-order chi connectivity index (χ0) is 18.6. The highest BCUT2D eigenvalue weighted by molar-refractivity contribution is 5.95. The molecule has 0 spiro atoms. The van der Waals surface area contributed by atoms with Gasteiger partial charge in [-0.05, 0) is 31.4 Å². The SMILES string of the molecule is Cc1nc(-c2ccc(C(F)(F)F)cc2)ncc1C(=O)NCCC(C)C. The molecule has 0 saturated carbocycles. The Morgan fingerprint density at radius 3 is 2.36 bits per heavy atom. The Labute approximate surface area is 144 Å². The van der Waals surface area contributed by atoms with Crippen LogP contribution in [0.2, 0.25) is 0 Å². The number of benzene rings is 1. The minimum atomic E-state index is -4.38. The van der Waals surface area contributed by atoms with E-state index in [0.717, 1.165) is 18.6 Å². The number of rotatable bonds is 5. The van der Waals surface area contributed by atoms with Crippen molar-refractivity contribution in [3.63, 3.8) is 0 Å². The first-order valence-corrected chi connectivity index (χ1v) is 7.98. The average Bonchev–Trinajstić information content (AvgIpc) is 2.53. The third-order valence-electron chi connectivity index (χ3n) is 3.70. The molecule has 1 aromatic carbocycles. The van der Waals surface area contributed by atoms with Crippen molar-refractivity contribution in [2.24, 2.45) is 5.92 Å². The summed E-state index contributed by atoms with van der Waals surface area (Å²) in [5.41, 5.74) is 0.573. The molecule has 1 amide bonds.